The monoisotopic (exact) mass is 155 g/mol. The molecular formula is C8H13NO2. The van der Waals surface area contributed by atoms with Crippen molar-refractivity contribution in [1.29, 1.82) is 0 Å². The fraction of sp³-hybridized carbons (Fsp3) is 0.625. The first-order valence-electron chi connectivity index (χ1n) is 3.91. The molecular weight excluding hydrogens is 142 g/mol. The lowest BCUT2D eigenvalue weighted by atomic mass is 10.3. The van der Waals surface area contributed by atoms with Gasteiger partial charge >= 0.3 is 0 Å². The normalized spacial score (nSPS) is 15.9. The van der Waals surface area contributed by atoms with E-state index < -0.39 is 0 Å². The molecule has 0 saturated heterocycles. The van der Waals surface area contributed by atoms with E-state index in [0.717, 1.165) is 13.0 Å². The Hall–Kier alpha value is -0.830. The SMILES string of the molecule is CCNCC(=O)C1=CCCO1. The molecule has 0 unspecified atom stereocenters. The van der Waals surface area contributed by atoms with Gasteiger partial charge < -0.3 is 10.1 Å². The fourth-order valence-electron chi connectivity index (χ4n) is 0.938. The molecule has 0 aromatic carbocycles. The Morgan fingerprint density at radius 3 is 3.18 bits per heavy atom. The highest BCUT2D eigenvalue weighted by Crippen LogP contribution is 2.08. The molecule has 0 amide bonds. The number of likely N-dealkylation sites (N-methyl/N-ethyl adjacent to an activating group) is 1. The highest BCUT2D eigenvalue weighted by atomic mass is 16.5. The zero-order valence-corrected chi connectivity index (χ0v) is 6.72. The number of hydrogen-bond donors (Lipinski definition) is 1. The topological polar surface area (TPSA) is 38.3 Å². The van der Waals surface area contributed by atoms with Crippen LogP contribution in [0, 0.1) is 0 Å². The molecule has 1 N–H and O–H groups in total. The molecule has 0 aromatic heterocycles. The lowest BCUT2D eigenvalue weighted by molar-refractivity contribution is -0.117. The smallest absolute Gasteiger partial charge is 0.210 e. The number of nitrogens with one attached hydrogen (secondary N) is 1. The molecule has 0 saturated carbocycles. The zero-order valence-electron chi connectivity index (χ0n) is 6.72. The Bertz CT molecular complexity index is 175. The molecule has 1 rings (SSSR count). The molecule has 3 heteroatoms. The third-order valence-electron chi connectivity index (χ3n) is 1.52. The quantitative estimate of drug-likeness (QED) is 0.641. The Kier molecular flexibility index (Phi) is 3.11. The lowest BCUT2D eigenvalue weighted by Gasteiger charge is -2.01. The first-order valence-corrected chi connectivity index (χ1v) is 3.91. The molecule has 0 fully saturated rings. The predicted octanol–water partition coefficient (Wildman–Crippen LogP) is 0.469. The second kappa shape index (κ2) is 4.13. The van der Waals surface area contributed by atoms with Crippen LogP contribution in [-0.4, -0.2) is 25.5 Å². The minimum atomic E-state index is 0.0596. The maximum Gasteiger partial charge on any atom is 0.210 e. The van der Waals surface area contributed by atoms with Crippen LogP contribution in [0.3, 0.4) is 0 Å². The Labute approximate surface area is 66.4 Å². The summed E-state index contributed by atoms with van der Waals surface area (Å²) in [4.78, 5) is 11.1. The summed E-state index contributed by atoms with van der Waals surface area (Å²) in [5.41, 5.74) is 0. The lowest BCUT2D eigenvalue weighted by Crippen LogP contribution is -2.23. The van der Waals surface area contributed by atoms with Gasteiger partial charge in [0.25, 0.3) is 0 Å². The summed E-state index contributed by atoms with van der Waals surface area (Å²) in [5.74, 6) is 0.593. The standard InChI is InChI=1S/C8H13NO2/c1-2-9-6-7(10)8-4-3-5-11-8/h4,9H,2-3,5-6H2,1H3. The fourth-order valence-corrected chi connectivity index (χ4v) is 0.938. The largest absolute Gasteiger partial charge is 0.490 e. The van der Waals surface area contributed by atoms with Gasteiger partial charge in [0, 0.05) is 6.42 Å². The van der Waals surface area contributed by atoms with Gasteiger partial charge in [-0.2, -0.15) is 0 Å². The van der Waals surface area contributed by atoms with E-state index in [0.29, 0.717) is 18.9 Å². The van der Waals surface area contributed by atoms with Crippen molar-refractivity contribution in [2.75, 3.05) is 19.7 Å². The van der Waals surface area contributed by atoms with Crippen molar-refractivity contribution in [3.63, 3.8) is 0 Å². The molecule has 0 aliphatic carbocycles. The van der Waals surface area contributed by atoms with Crippen molar-refractivity contribution in [2.45, 2.75) is 13.3 Å². The van der Waals surface area contributed by atoms with Gasteiger partial charge in [-0.05, 0) is 12.6 Å². The molecule has 0 bridgehead atoms. The molecule has 0 radical (unpaired) electrons. The highest BCUT2D eigenvalue weighted by Gasteiger charge is 2.13. The van der Waals surface area contributed by atoms with E-state index in [4.69, 9.17) is 4.74 Å². The van der Waals surface area contributed by atoms with Gasteiger partial charge in [0.15, 0.2) is 5.76 Å². The number of carbonyl (C=O) groups is 1. The highest BCUT2D eigenvalue weighted by molar-refractivity contribution is 5.95. The van der Waals surface area contributed by atoms with Crippen molar-refractivity contribution in [2.24, 2.45) is 0 Å². The number of ketones is 1. The van der Waals surface area contributed by atoms with Crippen molar-refractivity contribution in [1.82, 2.24) is 5.32 Å². The van der Waals surface area contributed by atoms with Gasteiger partial charge in [-0.3, -0.25) is 4.79 Å². The number of Topliss-reactive ketones (excluding diaryl/α,β-unsaturated/α-hetero) is 1. The van der Waals surface area contributed by atoms with Crippen LogP contribution in [0.2, 0.25) is 0 Å². The molecule has 0 atom stereocenters. The van der Waals surface area contributed by atoms with Gasteiger partial charge in [0.1, 0.15) is 0 Å². The van der Waals surface area contributed by atoms with E-state index in [-0.39, 0.29) is 5.78 Å². The molecule has 1 aliphatic rings. The first kappa shape index (κ1) is 8.27. The predicted molar refractivity (Wildman–Crippen MR) is 42.2 cm³/mol. The number of rotatable bonds is 4. The van der Waals surface area contributed by atoms with Crippen LogP contribution < -0.4 is 5.32 Å². The summed E-state index contributed by atoms with van der Waals surface area (Å²) >= 11 is 0. The van der Waals surface area contributed by atoms with Crippen LogP contribution in [0.5, 0.6) is 0 Å². The second-order valence-electron chi connectivity index (χ2n) is 2.41. The summed E-state index contributed by atoms with van der Waals surface area (Å²) in [6.07, 6.45) is 2.72. The van der Waals surface area contributed by atoms with Crippen molar-refractivity contribution < 1.29 is 9.53 Å². The summed E-state index contributed by atoms with van der Waals surface area (Å²) in [6, 6.07) is 0. The van der Waals surface area contributed by atoms with Crippen LogP contribution in [0.15, 0.2) is 11.8 Å². The minimum Gasteiger partial charge on any atom is -0.490 e. The summed E-state index contributed by atoms with van der Waals surface area (Å²) in [5, 5.41) is 2.95. The summed E-state index contributed by atoms with van der Waals surface area (Å²) in [6.45, 7) is 3.84. The van der Waals surface area contributed by atoms with Crippen molar-refractivity contribution >= 4 is 5.78 Å². The molecule has 0 aromatic rings. The molecule has 1 aliphatic heterocycles. The maximum absolute atomic E-state index is 11.1. The van der Waals surface area contributed by atoms with Gasteiger partial charge in [-0.15, -0.1) is 0 Å². The number of ether oxygens (including phenoxy) is 1. The van der Waals surface area contributed by atoms with E-state index in [1.165, 1.54) is 0 Å². The molecule has 1 heterocycles. The maximum atomic E-state index is 11.1. The van der Waals surface area contributed by atoms with Crippen molar-refractivity contribution in [3.8, 4) is 0 Å². The first-order chi connectivity index (χ1) is 5.34. The van der Waals surface area contributed by atoms with Crippen molar-refractivity contribution in [3.05, 3.63) is 11.8 Å². The zero-order chi connectivity index (χ0) is 8.10. The summed E-state index contributed by atoms with van der Waals surface area (Å²) < 4.78 is 5.08. The summed E-state index contributed by atoms with van der Waals surface area (Å²) in [7, 11) is 0. The van der Waals surface area contributed by atoms with Gasteiger partial charge in [-0.25, -0.2) is 0 Å². The van der Waals surface area contributed by atoms with E-state index in [1.807, 2.05) is 13.0 Å². The second-order valence-corrected chi connectivity index (χ2v) is 2.41. The third-order valence-corrected chi connectivity index (χ3v) is 1.52. The molecule has 0 spiro atoms. The van der Waals surface area contributed by atoms with Crippen LogP contribution >= 0.6 is 0 Å². The molecule has 11 heavy (non-hydrogen) atoms. The van der Waals surface area contributed by atoms with Crippen LogP contribution in [-0.2, 0) is 9.53 Å². The van der Waals surface area contributed by atoms with Crippen LogP contribution in [0.4, 0.5) is 0 Å². The third kappa shape index (κ3) is 2.35. The number of carbonyl (C=O) groups excluding carboxylic acids is 1. The van der Waals surface area contributed by atoms with Gasteiger partial charge in [-0.1, -0.05) is 6.92 Å². The average molecular weight is 155 g/mol. The number of hydrogen-bond acceptors (Lipinski definition) is 3. The van der Waals surface area contributed by atoms with E-state index in [1.54, 1.807) is 0 Å². The average Bonchev–Trinajstić information content (AvgIpc) is 2.52. The van der Waals surface area contributed by atoms with Gasteiger partial charge in [0.2, 0.25) is 5.78 Å². The Balaban J connectivity index is 2.29. The Morgan fingerprint density at radius 2 is 2.64 bits per heavy atom. The van der Waals surface area contributed by atoms with Gasteiger partial charge in [0.05, 0.1) is 13.2 Å². The van der Waals surface area contributed by atoms with Crippen LogP contribution in [0.1, 0.15) is 13.3 Å². The van der Waals surface area contributed by atoms with E-state index >= 15 is 0 Å². The van der Waals surface area contributed by atoms with E-state index in [9.17, 15) is 4.79 Å². The Morgan fingerprint density at radius 1 is 1.82 bits per heavy atom. The van der Waals surface area contributed by atoms with E-state index in [2.05, 4.69) is 5.32 Å². The van der Waals surface area contributed by atoms with Crippen LogP contribution in [0.25, 0.3) is 0 Å². The minimum absolute atomic E-state index is 0.0596. The molecule has 62 valence electrons. The molecule has 3 nitrogen and oxygen atoms in total.